The molecule has 96 valence electrons. The molecular formula is C14H25N3. The van der Waals surface area contributed by atoms with E-state index >= 15 is 0 Å². The highest BCUT2D eigenvalue weighted by Gasteiger charge is 2.34. The molecule has 1 aromatic rings. The van der Waals surface area contributed by atoms with E-state index in [1.54, 1.807) is 0 Å². The van der Waals surface area contributed by atoms with Gasteiger partial charge in [-0.3, -0.25) is 0 Å². The molecule has 2 heterocycles. The normalized spacial score (nSPS) is 25.4. The molecule has 1 atom stereocenters. The number of imidazole rings is 1. The molecule has 1 saturated heterocycles. The number of hydrogen-bond donors (Lipinski definition) is 1. The van der Waals surface area contributed by atoms with Crippen molar-refractivity contribution in [2.24, 2.45) is 5.41 Å². The van der Waals surface area contributed by atoms with Crippen LogP contribution in [-0.2, 0) is 12.0 Å². The van der Waals surface area contributed by atoms with Gasteiger partial charge in [0, 0.05) is 30.4 Å². The van der Waals surface area contributed by atoms with Crippen molar-refractivity contribution in [3.63, 3.8) is 0 Å². The lowest BCUT2D eigenvalue weighted by Crippen LogP contribution is -2.30. The van der Waals surface area contributed by atoms with Crippen LogP contribution in [0.5, 0.6) is 0 Å². The highest BCUT2D eigenvalue weighted by molar-refractivity contribution is 5.17. The summed E-state index contributed by atoms with van der Waals surface area (Å²) in [4.78, 5) is 4.37. The van der Waals surface area contributed by atoms with Crippen molar-refractivity contribution in [1.82, 2.24) is 14.9 Å². The molecule has 1 aromatic heterocycles. The smallest absolute Gasteiger partial charge is 0.0948 e. The molecule has 0 aromatic carbocycles. The second-order valence-electron chi connectivity index (χ2n) is 6.41. The van der Waals surface area contributed by atoms with Crippen LogP contribution in [0.3, 0.4) is 0 Å². The van der Waals surface area contributed by atoms with Gasteiger partial charge < -0.3 is 9.88 Å². The van der Waals surface area contributed by atoms with E-state index in [2.05, 4.69) is 48.8 Å². The summed E-state index contributed by atoms with van der Waals surface area (Å²) in [5.74, 6) is 0. The fourth-order valence-electron chi connectivity index (χ4n) is 2.56. The molecule has 0 bridgehead atoms. The molecular weight excluding hydrogens is 210 g/mol. The first-order valence-electron chi connectivity index (χ1n) is 6.68. The fourth-order valence-corrected chi connectivity index (χ4v) is 2.56. The summed E-state index contributed by atoms with van der Waals surface area (Å²) in [6, 6.07) is 0. The van der Waals surface area contributed by atoms with Crippen molar-refractivity contribution in [2.45, 2.75) is 52.5 Å². The van der Waals surface area contributed by atoms with Gasteiger partial charge in [-0.05, 0) is 24.8 Å². The molecule has 1 unspecified atom stereocenters. The van der Waals surface area contributed by atoms with Crippen LogP contribution in [0, 0.1) is 5.41 Å². The minimum Gasteiger partial charge on any atom is -0.333 e. The first-order valence-corrected chi connectivity index (χ1v) is 6.68. The van der Waals surface area contributed by atoms with E-state index in [1.165, 1.54) is 18.5 Å². The molecule has 3 nitrogen and oxygen atoms in total. The lowest BCUT2D eigenvalue weighted by molar-refractivity contribution is 0.283. The molecule has 1 aliphatic rings. The van der Waals surface area contributed by atoms with E-state index in [0.29, 0.717) is 5.41 Å². The van der Waals surface area contributed by atoms with Crippen LogP contribution in [-0.4, -0.2) is 22.6 Å². The average molecular weight is 235 g/mol. The fraction of sp³-hybridized carbons (Fsp3) is 0.786. The van der Waals surface area contributed by atoms with Crippen molar-refractivity contribution >= 4 is 0 Å². The van der Waals surface area contributed by atoms with E-state index < -0.39 is 0 Å². The van der Waals surface area contributed by atoms with Crippen LogP contribution >= 0.6 is 0 Å². The highest BCUT2D eigenvalue weighted by Crippen LogP contribution is 2.32. The zero-order valence-corrected chi connectivity index (χ0v) is 11.6. The van der Waals surface area contributed by atoms with E-state index in [9.17, 15) is 0 Å². The Morgan fingerprint density at radius 2 is 2.29 bits per heavy atom. The summed E-state index contributed by atoms with van der Waals surface area (Å²) in [5.41, 5.74) is 2.00. The van der Waals surface area contributed by atoms with Gasteiger partial charge in [-0.2, -0.15) is 0 Å². The Hall–Kier alpha value is -0.830. The average Bonchev–Trinajstić information content (AvgIpc) is 2.87. The molecule has 0 saturated carbocycles. The summed E-state index contributed by atoms with van der Waals surface area (Å²) < 4.78 is 2.36. The Balaban J connectivity index is 2.22. The Morgan fingerprint density at radius 1 is 1.53 bits per heavy atom. The van der Waals surface area contributed by atoms with E-state index in [0.717, 1.165) is 19.6 Å². The van der Waals surface area contributed by atoms with Gasteiger partial charge >= 0.3 is 0 Å². The Kier molecular flexibility index (Phi) is 3.30. The summed E-state index contributed by atoms with van der Waals surface area (Å²) >= 11 is 0. The summed E-state index contributed by atoms with van der Waals surface area (Å²) in [6.07, 6.45) is 6.46. The second-order valence-corrected chi connectivity index (χ2v) is 6.41. The van der Waals surface area contributed by atoms with Crippen LogP contribution in [0.2, 0.25) is 0 Å². The van der Waals surface area contributed by atoms with Gasteiger partial charge in [0.2, 0.25) is 0 Å². The summed E-state index contributed by atoms with van der Waals surface area (Å²) in [7, 11) is 0. The van der Waals surface area contributed by atoms with Crippen LogP contribution in [0.1, 0.15) is 46.2 Å². The molecule has 0 spiro atoms. The molecule has 1 N–H and O–H groups in total. The molecule has 1 fully saturated rings. The lowest BCUT2D eigenvalue weighted by Gasteiger charge is -2.29. The molecule has 2 rings (SSSR count). The topological polar surface area (TPSA) is 29.9 Å². The first-order chi connectivity index (χ1) is 7.97. The lowest BCUT2D eigenvalue weighted by atomic mass is 9.85. The maximum absolute atomic E-state index is 4.37. The Bertz CT molecular complexity index is 373. The highest BCUT2D eigenvalue weighted by atomic mass is 15.1. The maximum Gasteiger partial charge on any atom is 0.0948 e. The van der Waals surface area contributed by atoms with Gasteiger partial charge in [0.1, 0.15) is 0 Å². The monoisotopic (exact) mass is 235 g/mol. The molecule has 0 radical (unpaired) electrons. The van der Waals surface area contributed by atoms with Crippen LogP contribution in [0.4, 0.5) is 0 Å². The van der Waals surface area contributed by atoms with Crippen molar-refractivity contribution in [3.8, 4) is 0 Å². The van der Waals surface area contributed by atoms with Gasteiger partial charge in [0.05, 0.1) is 6.33 Å². The zero-order valence-electron chi connectivity index (χ0n) is 11.6. The SMILES string of the molecule is CCC(C)(C)Cn1cncc1C1(C)CCNC1. The third-order valence-corrected chi connectivity index (χ3v) is 4.25. The number of nitrogens with zero attached hydrogens (tertiary/aromatic N) is 2. The van der Waals surface area contributed by atoms with Gasteiger partial charge in [0.15, 0.2) is 0 Å². The van der Waals surface area contributed by atoms with Crippen molar-refractivity contribution in [3.05, 3.63) is 18.2 Å². The van der Waals surface area contributed by atoms with Gasteiger partial charge in [-0.25, -0.2) is 4.98 Å². The standard InChI is InChI=1S/C14H25N3/c1-5-13(2,3)10-17-11-16-8-12(17)14(4)6-7-15-9-14/h8,11,15H,5-7,9-10H2,1-4H3. The largest absolute Gasteiger partial charge is 0.333 e. The summed E-state index contributed by atoms with van der Waals surface area (Å²) in [6.45, 7) is 12.5. The van der Waals surface area contributed by atoms with Crippen molar-refractivity contribution in [2.75, 3.05) is 13.1 Å². The van der Waals surface area contributed by atoms with Crippen LogP contribution in [0.25, 0.3) is 0 Å². The predicted molar refractivity (Wildman–Crippen MR) is 71.1 cm³/mol. The maximum atomic E-state index is 4.37. The number of aromatic nitrogens is 2. The van der Waals surface area contributed by atoms with Gasteiger partial charge in [0.25, 0.3) is 0 Å². The number of nitrogens with one attached hydrogen (secondary N) is 1. The van der Waals surface area contributed by atoms with Crippen LogP contribution in [0.15, 0.2) is 12.5 Å². The third-order valence-electron chi connectivity index (χ3n) is 4.25. The first kappa shape index (κ1) is 12.6. The number of rotatable bonds is 4. The minimum atomic E-state index is 0.264. The Labute approximate surface area is 105 Å². The van der Waals surface area contributed by atoms with E-state index in [1.807, 2.05) is 6.33 Å². The minimum absolute atomic E-state index is 0.264. The summed E-state index contributed by atoms with van der Waals surface area (Å²) in [5, 5.41) is 3.46. The van der Waals surface area contributed by atoms with E-state index in [4.69, 9.17) is 0 Å². The van der Waals surface area contributed by atoms with Crippen molar-refractivity contribution < 1.29 is 0 Å². The zero-order chi connectivity index (χ0) is 12.5. The van der Waals surface area contributed by atoms with Gasteiger partial charge in [-0.15, -0.1) is 0 Å². The third kappa shape index (κ3) is 2.54. The number of hydrogen-bond acceptors (Lipinski definition) is 2. The van der Waals surface area contributed by atoms with Crippen LogP contribution < -0.4 is 5.32 Å². The van der Waals surface area contributed by atoms with Gasteiger partial charge in [-0.1, -0.05) is 27.7 Å². The van der Waals surface area contributed by atoms with Crippen molar-refractivity contribution in [1.29, 1.82) is 0 Å². The van der Waals surface area contributed by atoms with E-state index in [-0.39, 0.29) is 5.41 Å². The Morgan fingerprint density at radius 3 is 2.88 bits per heavy atom. The predicted octanol–water partition coefficient (Wildman–Crippen LogP) is 2.57. The molecule has 3 heteroatoms. The molecule has 0 aliphatic carbocycles. The molecule has 1 aliphatic heterocycles. The molecule has 0 amide bonds. The quantitative estimate of drug-likeness (QED) is 0.869. The molecule has 17 heavy (non-hydrogen) atoms. The second kappa shape index (κ2) is 4.45.